The molecule has 0 aliphatic carbocycles. The topological polar surface area (TPSA) is 60.2 Å². The summed E-state index contributed by atoms with van der Waals surface area (Å²) in [7, 11) is 0. The molecule has 2 aromatic rings. The summed E-state index contributed by atoms with van der Waals surface area (Å²) in [4.78, 5) is 12.3. The van der Waals surface area contributed by atoms with Crippen molar-refractivity contribution in [3.8, 4) is 18.1 Å². The summed E-state index contributed by atoms with van der Waals surface area (Å²) in [5.41, 5.74) is 1.97. The lowest BCUT2D eigenvalue weighted by molar-refractivity contribution is 0.0497. The fourth-order valence-corrected chi connectivity index (χ4v) is 4.63. The van der Waals surface area contributed by atoms with Gasteiger partial charge < -0.3 is 9.47 Å². The zero-order valence-electron chi connectivity index (χ0n) is 25.5. The highest BCUT2D eigenvalue weighted by atomic mass is 16.5. The molecule has 0 bridgehead atoms. The molecule has 0 N–H and O–H groups in total. The fraction of sp³-hybridized carbons (Fsp3) is 0.583. The Balaban J connectivity index is 1.55. The zero-order valence-corrected chi connectivity index (χ0v) is 25.5. The number of hydrogen-bond donors (Lipinski definition) is 0. The van der Waals surface area contributed by atoms with Crippen LogP contribution in [0.3, 0.4) is 0 Å². The van der Waals surface area contributed by atoms with Gasteiger partial charge in [0.05, 0.1) is 30.2 Å². The van der Waals surface area contributed by atoms with Gasteiger partial charge in [0, 0.05) is 6.42 Å². The van der Waals surface area contributed by atoms with Crippen molar-refractivity contribution in [1.29, 1.82) is 0 Å². The molecule has 0 fully saturated rings. The average molecular weight is 561 g/mol. The van der Waals surface area contributed by atoms with E-state index >= 15 is 0 Å². The van der Waals surface area contributed by atoms with Gasteiger partial charge in [-0.2, -0.15) is 10.2 Å². The monoisotopic (exact) mass is 560 g/mol. The first-order valence-electron chi connectivity index (χ1n) is 16.1. The molecule has 0 saturated heterocycles. The van der Waals surface area contributed by atoms with Crippen LogP contribution in [0.15, 0.2) is 58.8 Å². The average Bonchev–Trinajstić information content (AvgIpc) is 3.00. The van der Waals surface area contributed by atoms with Gasteiger partial charge in [0.2, 0.25) is 0 Å². The molecule has 0 aromatic heterocycles. The lowest BCUT2D eigenvalue weighted by Crippen LogP contribution is -2.06. The number of benzene rings is 2. The smallest absolute Gasteiger partial charge is 0.338 e. The van der Waals surface area contributed by atoms with E-state index in [0.29, 0.717) is 17.9 Å². The summed E-state index contributed by atoms with van der Waals surface area (Å²) in [5, 5.41) is 8.59. The quantitative estimate of drug-likeness (QED) is 0.0555. The molecular formula is C36H52N2O3. The van der Waals surface area contributed by atoms with Crippen LogP contribution in [0.4, 0.5) is 11.4 Å². The summed E-state index contributed by atoms with van der Waals surface area (Å²) in [5.74, 6) is 3.25. The molecule has 41 heavy (non-hydrogen) atoms. The number of esters is 1. The molecule has 0 heterocycles. The molecule has 0 unspecified atom stereocenters. The number of carbonyl (C=O) groups is 1. The van der Waals surface area contributed by atoms with Crippen LogP contribution in [0.5, 0.6) is 5.75 Å². The molecule has 0 radical (unpaired) electrons. The highest BCUT2D eigenvalue weighted by Gasteiger charge is 2.06. The summed E-state index contributed by atoms with van der Waals surface area (Å²) >= 11 is 0. The third kappa shape index (κ3) is 17.3. The predicted molar refractivity (Wildman–Crippen MR) is 170 cm³/mol. The van der Waals surface area contributed by atoms with Crippen LogP contribution in [-0.2, 0) is 4.74 Å². The van der Waals surface area contributed by atoms with E-state index < -0.39 is 0 Å². The second-order valence-electron chi connectivity index (χ2n) is 10.8. The molecule has 0 saturated carbocycles. The third-order valence-electron chi connectivity index (χ3n) is 7.19. The number of nitrogens with zero attached hydrogens (tertiary/aromatic N) is 2. The third-order valence-corrected chi connectivity index (χ3v) is 7.19. The van der Waals surface area contributed by atoms with Gasteiger partial charge in [-0.1, -0.05) is 96.8 Å². The molecule has 2 rings (SSSR count). The standard InChI is InChI=1S/C36H52N2O3/c1-3-5-7-9-11-13-15-16-18-20-30-40-35-28-26-34(27-29-35)38-37-33-24-22-32(23-25-33)36(39)41-31-21-19-17-14-12-10-8-6-4-2/h2,22-29H,3,5-21,30-31H2,1H3. The number of hydrogen-bond acceptors (Lipinski definition) is 5. The highest BCUT2D eigenvalue weighted by molar-refractivity contribution is 5.89. The van der Waals surface area contributed by atoms with E-state index in [1.54, 1.807) is 24.3 Å². The van der Waals surface area contributed by atoms with Crippen molar-refractivity contribution in [2.24, 2.45) is 10.2 Å². The maximum absolute atomic E-state index is 12.3. The van der Waals surface area contributed by atoms with Crippen molar-refractivity contribution in [2.75, 3.05) is 13.2 Å². The van der Waals surface area contributed by atoms with Crippen molar-refractivity contribution in [3.05, 3.63) is 54.1 Å². The van der Waals surface area contributed by atoms with Gasteiger partial charge in [-0.15, -0.1) is 12.3 Å². The fourth-order valence-electron chi connectivity index (χ4n) is 4.63. The van der Waals surface area contributed by atoms with Crippen molar-refractivity contribution in [1.82, 2.24) is 0 Å². The van der Waals surface area contributed by atoms with Crippen LogP contribution in [0, 0.1) is 12.3 Å². The lowest BCUT2D eigenvalue weighted by atomic mass is 10.1. The Morgan fingerprint density at radius 2 is 1.10 bits per heavy atom. The number of terminal acetylenes is 1. The van der Waals surface area contributed by atoms with E-state index in [9.17, 15) is 4.79 Å². The van der Waals surface area contributed by atoms with Gasteiger partial charge >= 0.3 is 5.97 Å². The summed E-state index contributed by atoms with van der Waals surface area (Å²) in [6, 6.07) is 14.7. The highest BCUT2D eigenvalue weighted by Crippen LogP contribution is 2.22. The maximum Gasteiger partial charge on any atom is 0.338 e. The molecule has 2 aromatic carbocycles. The van der Waals surface area contributed by atoms with E-state index in [0.717, 1.165) is 50.1 Å². The molecule has 0 spiro atoms. The van der Waals surface area contributed by atoms with Crippen molar-refractivity contribution < 1.29 is 14.3 Å². The van der Waals surface area contributed by atoms with Crippen LogP contribution in [-0.4, -0.2) is 19.2 Å². The van der Waals surface area contributed by atoms with E-state index in [4.69, 9.17) is 15.9 Å². The second-order valence-corrected chi connectivity index (χ2v) is 10.8. The molecule has 0 atom stereocenters. The molecule has 5 nitrogen and oxygen atoms in total. The van der Waals surface area contributed by atoms with E-state index in [1.165, 1.54) is 83.5 Å². The Kier molecular flexibility index (Phi) is 19.6. The molecule has 0 aliphatic heterocycles. The van der Waals surface area contributed by atoms with Gasteiger partial charge in [-0.3, -0.25) is 0 Å². The molecule has 5 heteroatoms. The van der Waals surface area contributed by atoms with Crippen molar-refractivity contribution >= 4 is 17.3 Å². The van der Waals surface area contributed by atoms with Crippen LogP contribution in [0.1, 0.15) is 133 Å². The van der Waals surface area contributed by atoms with E-state index in [-0.39, 0.29) is 5.97 Å². The van der Waals surface area contributed by atoms with Gasteiger partial charge in [0.15, 0.2) is 0 Å². The first kappa shape index (κ1) is 34.1. The maximum atomic E-state index is 12.3. The Labute approximate surface area is 249 Å². The SMILES string of the molecule is C#CCCCCCCCCCOC(=O)c1ccc(N=Nc2ccc(OCCCCCCCCCCCC)cc2)cc1. The van der Waals surface area contributed by atoms with Crippen molar-refractivity contribution in [3.63, 3.8) is 0 Å². The number of rotatable bonds is 24. The van der Waals surface area contributed by atoms with E-state index in [1.807, 2.05) is 24.3 Å². The predicted octanol–water partition coefficient (Wildman–Crippen LogP) is 11.3. The number of carbonyl (C=O) groups excluding carboxylic acids is 1. The van der Waals surface area contributed by atoms with E-state index in [2.05, 4.69) is 23.1 Å². The van der Waals surface area contributed by atoms with Gasteiger partial charge in [0.1, 0.15) is 5.75 Å². The number of ether oxygens (including phenoxy) is 2. The molecular weight excluding hydrogens is 508 g/mol. The largest absolute Gasteiger partial charge is 0.494 e. The van der Waals surface area contributed by atoms with Crippen LogP contribution < -0.4 is 4.74 Å². The molecule has 224 valence electrons. The zero-order chi connectivity index (χ0) is 29.2. The minimum atomic E-state index is -0.295. The first-order valence-corrected chi connectivity index (χ1v) is 16.1. The van der Waals surface area contributed by atoms with Crippen LogP contribution >= 0.6 is 0 Å². The second kappa shape index (κ2) is 23.6. The Hall–Kier alpha value is -3.13. The van der Waals surface area contributed by atoms with Gasteiger partial charge in [-0.05, 0) is 67.8 Å². The number of unbranched alkanes of at least 4 members (excludes halogenated alkanes) is 16. The van der Waals surface area contributed by atoms with Crippen molar-refractivity contribution in [2.45, 2.75) is 122 Å². The normalized spacial score (nSPS) is 11.0. The summed E-state index contributed by atoms with van der Waals surface area (Å²) in [6.45, 7) is 3.47. The van der Waals surface area contributed by atoms with Gasteiger partial charge in [-0.25, -0.2) is 4.79 Å². The van der Waals surface area contributed by atoms with Crippen LogP contribution in [0.2, 0.25) is 0 Å². The Morgan fingerprint density at radius 3 is 1.63 bits per heavy atom. The minimum Gasteiger partial charge on any atom is -0.494 e. The number of azo groups is 1. The Morgan fingerprint density at radius 1 is 0.634 bits per heavy atom. The molecule has 0 amide bonds. The van der Waals surface area contributed by atoms with Crippen LogP contribution in [0.25, 0.3) is 0 Å². The lowest BCUT2D eigenvalue weighted by Gasteiger charge is -2.06. The minimum absolute atomic E-state index is 0.295. The van der Waals surface area contributed by atoms with Gasteiger partial charge in [0.25, 0.3) is 0 Å². The first-order chi connectivity index (χ1) is 20.2. The molecule has 0 aliphatic rings. The summed E-state index contributed by atoms with van der Waals surface area (Å²) in [6.07, 6.45) is 27.3. The Bertz CT molecular complexity index is 993. The summed E-state index contributed by atoms with van der Waals surface area (Å²) < 4.78 is 11.3.